The van der Waals surface area contributed by atoms with Gasteiger partial charge in [-0.25, -0.2) is 4.79 Å². The van der Waals surface area contributed by atoms with E-state index < -0.39 is 18.0 Å². The number of amides is 5. The monoisotopic (exact) mass is 556 g/mol. The number of likely N-dealkylation sites (tertiary alicyclic amines) is 1. The van der Waals surface area contributed by atoms with Crippen molar-refractivity contribution in [2.75, 3.05) is 38.8 Å². The van der Waals surface area contributed by atoms with Crippen molar-refractivity contribution in [1.82, 2.24) is 20.4 Å². The molecule has 1 fully saturated rings. The highest BCUT2D eigenvalue weighted by Gasteiger charge is 2.42. The summed E-state index contributed by atoms with van der Waals surface area (Å²) in [6.45, 7) is 2.25. The topological polar surface area (TPSA) is 146 Å². The molecule has 208 valence electrons. The van der Waals surface area contributed by atoms with Crippen molar-refractivity contribution in [3.05, 3.63) is 63.7 Å². The maximum absolute atomic E-state index is 13.0. The van der Waals surface area contributed by atoms with Crippen LogP contribution in [0.1, 0.15) is 39.9 Å². The smallest absolute Gasteiger partial charge is 0.319 e. The number of carbonyl (C=O) groups is 4. The molecule has 39 heavy (non-hydrogen) atoms. The number of nitrogens with one attached hydrogen (secondary N) is 3. The van der Waals surface area contributed by atoms with Crippen LogP contribution in [0.5, 0.6) is 0 Å². The number of ether oxygens (including phenoxy) is 1. The van der Waals surface area contributed by atoms with Crippen LogP contribution in [0.2, 0.25) is 5.02 Å². The Morgan fingerprint density at radius 3 is 2.72 bits per heavy atom. The molecule has 0 spiro atoms. The van der Waals surface area contributed by atoms with Crippen molar-refractivity contribution in [2.45, 2.75) is 38.4 Å². The SMILES string of the molecule is CNCCOCCc1ccc(NC(=O)NCc2ccc3c(c2)CN(C2CCC(=O)N(CN)C2=O)C3=O)cc1Cl. The van der Waals surface area contributed by atoms with Gasteiger partial charge in [-0.2, -0.15) is 0 Å². The van der Waals surface area contributed by atoms with Gasteiger partial charge in [0.25, 0.3) is 11.8 Å². The van der Waals surface area contributed by atoms with Gasteiger partial charge in [-0.3, -0.25) is 19.3 Å². The number of halogens is 1. The lowest BCUT2D eigenvalue weighted by Crippen LogP contribution is -2.55. The molecule has 5 N–H and O–H groups in total. The number of hydrogen-bond donors (Lipinski definition) is 4. The summed E-state index contributed by atoms with van der Waals surface area (Å²) >= 11 is 6.37. The van der Waals surface area contributed by atoms with Gasteiger partial charge in [-0.05, 0) is 54.8 Å². The molecule has 0 aliphatic carbocycles. The molecule has 0 saturated carbocycles. The molecular formula is C27H33ClN6O5. The second kappa shape index (κ2) is 13.0. The molecule has 2 aromatic carbocycles. The zero-order valence-corrected chi connectivity index (χ0v) is 22.6. The number of rotatable bonds is 11. The van der Waals surface area contributed by atoms with E-state index in [0.717, 1.165) is 28.1 Å². The normalized spacial score (nSPS) is 17.0. The molecule has 2 aliphatic rings. The molecule has 1 saturated heterocycles. The second-order valence-corrected chi connectivity index (χ2v) is 9.81. The zero-order valence-electron chi connectivity index (χ0n) is 21.8. The molecule has 5 amide bonds. The first-order valence-corrected chi connectivity index (χ1v) is 13.2. The van der Waals surface area contributed by atoms with Crippen molar-refractivity contribution in [1.29, 1.82) is 0 Å². The van der Waals surface area contributed by atoms with E-state index >= 15 is 0 Å². The van der Waals surface area contributed by atoms with Gasteiger partial charge < -0.3 is 31.3 Å². The molecule has 0 radical (unpaired) electrons. The van der Waals surface area contributed by atoms with Gasteiger partial charge >= 0.3 is 6.03 Å². The number of imide groups is 1. The molecule has 2 heterocycles. The van der Waals surface area contributed by atoms with Crippen LogP contribution in [-0.2, 0) is 33.8 Å². The fourth-order valence-electron chi connectivity index (χ4n) is 4.70. The number of fused-ring (bicyclic) bond motifs is 1. The van der Waals surface area contributed by atoms with Crippen LogP contribution < -0.4 is 21.7 Å². The van der Waals surface area contributed by atoms with E-state index in [2.05, 4.69) is 16.0 Å². The minimum Gasteiger partial charge on any atom is -0.380 e. The fourth-order valence-corrected chi connectivity index (χ4v) is 4.98. The number of carbonyl (C=O) groups excluding carboxylic acids is 4. The van der Waals surface area contributed by atoms with Crippen LogP contribution >= 0.6 is 11.6 Å². The van der Waals surface area contributed by atoms with Gasteiger partial charge in [0, 0.05) is 42.3 Å². The Kier molecular flexibility index (Phi) is 9.52. The zero-order chi connectivity index (χ0) is 27.9. The number of piperidine rings is 1. The number of likely N-dealkylation sites (N-methyl/N-ethyl adjacent to an activating group) is 1. The highest BCUT2D eigenvalue weighted by molar-refractivity contribution is 6.31. The van der Waals surface area contributed by atoms with E-state index in [0.29, 0.717) is 35.9 Å². The summed E-state index contributed by atoms with van der Waals surface area (Å²) in [4.78, 5) is 52.6. The van der Waals surface area contributed by atoms with Gasteiger partial charge in [-0.15, -0.1) is 0 Å². The number of nitrogens with zero attached hydrogens (tertiary/aromatic N) is 2. The third-order valence-electron chi connectivity index (χ3n) is 6.82. The van der Waals surface area contributed by atoms with Crippen molar-refractivity contribution in [3.63, 3.8) is 0 Å². The molecule has 0 aromatic heterocycles. The number of nitrogens with two attached hydrogens (primary N) is 1. The van der Waals surface area contributed by atoms with Crippen LogP contribution in [-0.4, -0.2) is 73.1 Å². The lowest BCUT2D eigenvalue weighted by molar-refractivity contribution is -0.152. The quantitative estimate of drug-likeness (QED) is 0.244. The lowest BCUT2D eigenvalue weighted by Gasteiger charge is -2.34. The number of hydrogen-bond acceptors (Lipinski definition) is 7. The Hall–Kier alpha value is -3.51. The Labute approximate surface area is 232 Å². The standard InChI is InChI=1S/C27H33ClN6O5/c1-30-9-11-39-10-8-18-3-4-20(13-22(18)28)32-27(38)31-14-17-2-5-21-19(12-17)15-33(25(21)36)23-6-7-24(35)34(16-29)26(23)37/h2-5,12-13,23,30H,6-11,14-16,29H2,1H3,(H2,31,32,38). The highest BCUT2D eigenvalue weighted by Crippen LogP contribution is 2.29. The van der Waals surface area contributed by atoms with E-state index in [-0.39, 0.29) is 44.4 Å². The van der Waals surface area contributed by atoms with Crippen LogP contribution in [0.15, 0.2) is 36.4 Å². The molecular weight excluding hydrogens is 524 g/mol. The Balaban J connectivity index is 1.29. The summed E-state index contributed by atoms with van der Waals surface area (Å²) in [5, 5.41) is 9.15. The fraction of sp³-hybridized carbons (Fsp3) is 0.407. The summed E-state index contributed by atoms with van der Waals surface area (Å²) in [5.74, 6) is -1.02. The van der Waals surface area contributed by atoms with E-state index in [1.54, 1.807) is 24.3 Å². The first-order chi connectivity index (χ1) is 18.8. The summed E-state index contributed by atoms with van der Waals surface area (Å²) in [7, 11) is 1.87. The van der Waals surface area contributed by atoms with E-state index in [4.69, 9.17) is 22.1 Å². The molecule has 0 bridgehead atoms. The number of anilines is 1. The average molecular weight is 557 g/mol. The molecule has 12 heteroatoms. The van der Waals surface area contributed by atoms with Gasteiger partial charge in [0.2, 0.25) is 5.91 Å². The summed E-state index contributed by atoms with van der Waals surface area (Å²) in [6, 6.07) is 9.55. The largest absolute Gasteiger partial charge is 0.380 e. The highest BCUT2D eigenvalue weighted by atomic mass is 35.5. The Morgan fingerprint density at radius 2 is 1.97 bits per heavy atom. The molecule has 2 aromatic rings. The number of benzene rings is 2. The molecule has 4 rings (SSSR count). The van der Waals surface area contributed by atoms with Crippen LogP contribution in [0.3, 0.4) is 0 Å². The van der Waals surface area contributed by atoms with E-state index in [1.807, 2.05) is 19.2 Å². The predicted octanol–water partition coefficient (Wildman–Crippen LogP) is 1.83. The number of urea groups is 1. The van der Waals surface area contributed by atoms with E-state index in [1.165, 1.54) is 4.90 Å². The summed E-state index contributed by atoms with van der Waals surface area (Å²) < 4.78 is 5.53. The van der Waals surface area contributed by atoms with Crippen LogP contribution in [0, 0.1) is 0 Å². The third kappa shape index (κ3) is 6.74. The Morgan fingerprint density at radius 1 is 1.15 bits per heavy atom. The van der Waals surface area contributed by atoms with Gasteiger partial charge in [0.15, 0.2) is 0 Å². The van der Waals surface area contributed by atoms with Crippen molar-refractivity contribution >= 4 is 41.0 Å². The molecule has 2 aliphatic heterocycles. The summed E-state index contributed by atoms with van der Waals surface area (Å²) in [6.07, 6.45) is 1.11. The minimum absolute atomic E-state index is 0.164. The lowest BCUT2D eigenvalue weighted by atomic mass is 10.0. The van der Waals surface area contributed by atoms with Crippen molar-refractivity contribution < 1.29 is 23.9 Å². The van der Waals surface area contributed by atoms with Gasteiger partial charge in [0.05, 0.1) is 19.9 Å². The molecule has 1 atom stereocenters. The van der Waals surface area contributed by atoms with Gasteiger partial charge in [0.1, 0.15) is 6.04 Å². The second-order valence-electron chi connectivity index (χ2n) is 9.40. The molecule has 1 unspecified atom stereocenters. The van der Waals surface area contributed by atoms with Gasteiger partial charge in [-0.1, -0.05) is 29.8 Å². The third-order valence-corrected chi connectivity index (χ3v) is 7.17. The van der Waals surface area contributed by atoms with Crippen molar-refractivity contribution in [3.8, 4) is 0 Å². The maximum Gasteiger partial charge on any atom is 0.319 e. The molecule has 11 nitrogen and oxygen atoms in total. The summed E-state index contributed by atoms with van der Waals surface area (Å²) in [5.41, 5.74) is 9.14. The maximum atomic E-state index is 13.0. The van der Waals surface area contributed by atoms with Crippen LogP contribution in [0.4, 0.5) is 10.5 Å². The Bertz CT molecular complexity index is 1260. The predicted molar refractivity (Wildman–Crippen MR) is 146 cm³/mol. The first-order valence-electron chi connectivity index (χ1n) is 12.8. The average Bonchev–Trinajstić information content (AvgIpc) is 3.24. The van der Waals surface area contributed by atoms with E-state index in [9.17, 15) is 19.2 Å². The van der Waals surface area contributed by atoms with Crippen LogP contribution in [0.25, 0.3) is 0 Å². The first kappa shape index (κ1) is 28.5. The minimum atomic E-state index is -0.720. The van der Waals surface area contributed by atoms with Crippen molar-refractivity contribution in [2.24, 2.45) is 5.73 Å².